The molecule has 3 heteroatoms. The number of rotatable bonds is 3. The molecule has 0 amide bonds. The van der Waals surface area contributed by atoms with Crippen LogP contribution in [0.25, 0.3) is 86.4 Å². The second-order valence-corrected chi connectivity index (χ2v) is 11.7. The molecule has 0 saturated heterocycles. The summed E-state index contributed by atoms with van der Waals surface area (Å²) in [6.07, 6.45) is 0. The van der Waals surface area contributed by atoms with Gasteiger partial charge >= 0.3 is 0 Å². The average molecular weight is 539 g/mol. The normalized spacial score (nSPS) is 11.9. The molecule has 0 aliphatic heterocycles. The highest BCUT2D eigenvalue weighted by atomic mass is 32.1. The molecule has 2 aromatic heterocycles. The number of benzene rings is 7. The van der Waals surface area contributed by atoms with Crippen molar-refractivity contribution in [2.45, 2.75) is 0 Å². The molecule has 0 saturated carbocycles. The minimum atomic E-state index is 0.899. The van der Waals surface area contributed by atoms with Crippen LogP contribution in [0.5, 0.6) is 0 Å². The predicted octanol–water partition coefficient (Wildman–Crippen LogP) is 10.7. The smallest absolute Gasteiger partial charge is 0.0973 e. The Bertz CT molecular complexity index is 2420. The van der Waals surface area contributed by atoms with Crippen LogP contribution >= 0.6 is 11.3 Å². The first kappa shape index (κ1) is 22.7. The second kappa shape index (κ2) is 8.69. The Morgan fingerprint density at radius 3 is 1.76 bits per heavy atom. The fraction of sp³-hybridized carbons (Fsp3) is 0. The fourth-order valence-electron chi connectivity index (χ4n) is 6.35. The first-order valence-corrected chi connectivity index (χ1v) is 14.7. The number of aromatic nitrogens is 2. The third-order valence-corrected chi connectivity index (χ3v) is 9.29. The zero-order chi connectivity index (χ0) is 26.9. The summed E-state index contributed by atoms with van der Waals surface area (Å²) < 4.78 is 2.61. The topological polar surface area (TPSA) is 25.8 Å². The number of nitrogens with zero attached hydrogens (tertiary/aromatic N) is 2. The van der Waals surface area contributed by atoms with Gasteiger partial charge in [0.1, 0.15) is 0 Å². The van der Waals surface area contributed by atoms with Gasteiger partial charge in [-0.25, -0.2) is 9.97 Å². The molecule has 7 aromatic carbocycles. The van der Waals surface area contributed by atoms with E-state index in [1.165, 1.54) is 52.8 Å². The van der Waals surface area contributed by atoms with Gasteiger partial charge < -0.3 is 0 Å². The lowest BCUT2D eigenvalue weighted by atomic mass is 9.92. The van der Waals surface area contributed by atoms with Crippen molar-refractivity contribution >= 4 is 64.1 Å². The first-order chi connectivity index (χ1) is 20.3. The molecule has 0 fully saturated rings. The summed E-state index contributed by atoms with van der Waals surface area (Å²) >= 11 is 1.87. The Morgan fingerprint density at radius 2 is 0.951 bits per heavy atom. The van der Waals surface area contributed by atoms with Gasteiger partial charge in [-0.05, 0) is 69.1 Å². The first-order valence-electron chi connectivity index (χ1n) is 13.8. The molecule has 2 nitrogen and oxygen atoms in total. The Balaban J connectivity index is 1.37. The highest BCUT2D eigenvalue weighted by molar-refractivity contribution is 7.26. The largest absolute Gasteiger partial charge is 0.244 e. The number of hydrogen-bond donors (Lipinski definition) is 0. The lowest BCUT2D eigenvalue weighted by Gasteiger charge is -2.14. The van der Waals surface area contributed by atoms with Gasteiger partial charge in [-0.2, -0.15) is 0 Å². The maximum atomic E-state index is 5.27. The zero-order valence-corrected chi connectivity index (χ0v) is 22.8. The highest BCUT2D eigenvalue weighted by Gasteiger charge is 2.20. The van der Waals surface area contributed by atoms with E-state index in [0.717, 1.165) is 33.5 Å². The van der Waals surface area contributed by atoms with E-state index in [1.54, 1.807) is 0 Å². The average Bonchev–Trinajstić information content (AvgIpc) is 3.43. The van der Waals surface area contributed by atoms with Crippen LogP contribution in [0.3, 0.4) is 0 Å². The summed E-state index contributed by atoms with van der Waals surface area (Å²) in [7, 11) is 0. The third-order valence-electron chi connectivity index (χ3n) is 8.19. The molecule has 0 unspecified atom stereocenters. The Hall–Kier alpha value is -5.12. The molecule has 0 atom stereocenters. The summed E-state index contributed by atoms with van der Waals surface area (Å²) in [5, 5.41) is 7.89. The highest BCUT2D eigenvalue weighted by Crippen LogP contribution is 2.47. The third kappa shape index (κ3) is 3.43. The van der Waals surface area contributed by atoms with Gasteiger partial charge in [0.25, 0.3) is 0 Å². The van der Waals surface area contributed by atoms with Crippen LogP contribution < -0.4 is 0 Å². The molecule has 2 heterocycles. The van der Waals surface area contributed by atoms with E-state index in [0.29, 0.717) is 0 Å². The summed E-state index contributed by atoms with van der Waals surface area (Å²) in [5.41, 5.74) is 8.12. The van der Waals surface area contributed by atoms with Gasteiger partial charge in [0.05, 0.1) is 22.4 Å². The summed E-state index contributed by atoms with van der Waals surface area (Å²) in [5.74, 6) is 0. The van der Waals surface area contributed by atoms with E-state index < -0.39 is 0 Å². The van der Waals surface area contributed by atoms with Gasteiger partial charge in [-0.1, -0.05) is 97.1 Å². The lowest BCUT2D eigenvalue weighted by Crippen LogP contribution is -1.96. The molecule has 190 valence electrons. The van der Waals surface area contributed by atoms with E-state index in [2.05, 4.69) is 115 Å². The summed E-state index contributed by atoms with van der Waals surface area (Å²) in [6.45, 7) is 0. The summed E-state index contributed by atoms with van der Waals surface area (Å²) in [4.78, 5) is 10.5. The van der Waals surface area contributed by atoms with E-state index in [9.17, 15) is 0 Å². The number of fused-ring (bicyclic) bond motifs is 4. The molecule has 9 rings (SSSR count). The molecule has 0 aliphatic carbocycles. The molecule has 0 spiro atoms. The lowest BCUT2D eigenvalue weighted by molar-refractivity contribution is 1.29. The van der Waals surface area contributed by atoms with Crippen molar-refractivity contribution in [3.63, 3.8) is 0 Å². The standard InChI is InChI=1S/C38H22N2S/c1-2-10-23(11-3-1)24-12-8-13-25(20-24)37-38(40-32-18-7-6-17-31(32)39-37)26-21-30-28-15-5-4-14-27(28)29-16-9-19-33-35(29)36(30)34(22-26)41-33/h1-22H. The van der Waals surface area contributed by atoms with E-state index in [-0.39, 0.29) is 0 Å². The Kier molecular flexibility index (Phi) is 4.80. The van der Waals surface area contributed by atoms with Crippen LogP contribution in [-0.2, 0) is 0 Å². The Morgan fingerprint density at radius 1 is 0.366 bits per heavy atom. The van der Waals surface area contributed by atoms with Crippen molar-refractivity contribution in [1.29, 1.82) is 0 Å². The predicted molar refractivity (Wildman–Crippen MR) is 175 cm³/mol. The quantitative estimate of drug-likeness (QED) is 0.209. The van der Waals surface area contributed by atoms with Crippen molar-refractivity contribution in [2.75, 3.05) is 0 Å². The van der Waals surface area contributed by atoms with Crippen LogP contribution in [0.1, 0.15) is 0 Å². The van der Waals surface area contributed by atoms with Gasteiger partial charge in [0.2, 0.25) is 0 Å². The van der Waals surface area contributed by atoms with Crippen LogP contribution in [-0.4, -0.2) is 9.97 Å². The molecular formula is C38H22N2S. The van der Waals surface area contributed by atoms with Crippen LogP contribution in [0.15, 0.2) is 133 Å². The van der Waals surface area contributed by atoms with Crippen molar-refractivity contribution in [3.05, 3.63) is 133 Å². The van der Waals surface area contributed by atoms with Crippen molar-refractivity contribution < 1.29 is 0 Å². The minimum Gasteiger partial charge on any atom is -0.244 e. The SMILES string of the molecule is c1ccc(-c2cccc(-c3nc4ccccc4nc3-c3cc4sc5cccc6c7ccccc7c(c3)c4c56)c2)cc1. The van der Waals surface area contributed by atoms with Crippen molar-refractivity contribution in [1.82, 2.24) is 9.97 Å². The molecular weight excluding hydrogens is 516 g/mol. The second-order valence-electron chi connectivity index (χ2n) is 10.6. The van der Waals surface area contributed by atoms with Gasteiger partial charge in [-0.15, -0.1) is 11.3 Å². The maximum absolute atomic E-state index is 5.27. The fourth-order valence-corrected chi connectivity index (χ4v) is 7.55. The monoisotopic (exact) mass is 538 g/mol. The minimum absolute atomic E-state index is 0.899. The molecule has 0 bridgehead atoms. The zero-order valence-electron chi connectivity index (χ0n) is 22.0. The molecule has 0 radical (unpaired) electrons. The summed E-state index contributed by atoms with van der Waals surface area (Å²) in [6, 6.07) is 47.5. The van der Waals surface area contributed by atoms with Gasteiger partial charge in [0, 0.05) is 31.3 Å². The van der Waals surface area contributed by atoms with Gasteiger partial charge in [-0.3, -0.25) is 0 Å². The molecule has 9 aromatic rings. The molecule has 41 heavy (non-hydrogen) atoms. The van der Waals surface area contributed by atoms with Crippen molar-refractivity contribution in [2.24, 2.45) is 0 Å². The van der Waals surface area contributed by atoms with Crippen molar-refractivity contribution in [3.8, 4) is 33.6 Å². The maximum Gasteiger partial charge on any atom is 0.0973 e. The van der Waals surface area contributed by atoms with Gasteiger partial charge in [0.15, 0.2) is 0 Å². The number of para-hydroxylation sites is 2. The Labute approximate surface area is 240 Å². The van der Waals surface area contributed by atoms with Crippen LogP contribution in [0.4, 0.5) is 0 Å². The van der Waals surface area contributed by atoms with Crippen LogP contribution in [0.2, 0.25) is 0 Å². The number of hydrogen-bond acceptors (Lipinski definition) is 3. The van der Waals surface area contributed by atoms with E-state index in [1.807, 2.05) is 29.5 Å². The number of thiophene rings is 1. The van der Waals surface area contributed by atoms with E-state index in [4.69, 9.17) is 9.97 Å². The molecule has 0 aliphatic rings. The van der Waals surface area contributed by atoms with Crippen LogP contribution in [0, 0.1) is 0 Å². The molecule has 0 N–H and O–H groups in total. The van der Waals surface area contributed by atoms with E-state index >= 15 is 0 Å².